The molecule has 0 aliphatic rings. The highest BCUT2D eigenvalue weighted by Gasteiger charge is 2.20. The van der Waals surface area contributed by atoms with Crippen LogP contribution >= 0.6 is 0 Å². The van der Waals surface area contributed by atoms with Gasteiger partial charge >= 0.3 is 11.6 Å². The number of aromatic carboxylic acids is 1. The molecular formula is C27H23N3O6. The minimum atomic E-state index is -1.33. The molecule has 36 heavy (non-hydrogen) atoms. The number of para-hydroxylation sites is 1. The molecule has 182 valence electrons. The third-order valence-electron chi connectivity index (χ3n) is 5.92. The number of nitrogens with one attached hydrogen (secondary N) is 1. The molecule has 0 aliphatic heterocycles. The van der Waals surface area contributed by atoms with Crippen LogP contribution in [0.4, 0.5) is 11.6 Å². The number of benzene rings is 3. The molecule has 0 radical (unpaired) electrons. The standard InChI is InChI=1S/C27H23N3O6/c1-16-20-14-21-22(15-23(20)36-26(33)24(16)25(31)32)30(12-13-35-19-6-4-3-5-7-19)27(29-21)28-17-8-10-18(34-2)11-9-17/h3-11,14-15H,12-13H2,1-2H3,(H,28,29)(H,31,32). The van der Waals surface area contributed by atoms with E-state index in [1.165, 1.54) is 0 Å². The first-order valence-corrected chi connectivity index (χ1v) is 11.2. The molecule has 0 saturated carbocycles. The SMILES string of the molecule is COc1ccc(Nc2nc3cc4c(C)c(C(=O)O)c(=O)oc4cc3n2CCOc2ccccc2)cc1. The Labute approximate surface area is 205 Å². The number of rotatable bonds is 8. The summed E-state index contributed by atoms with van der Waals surface area (Å²) in [5.41, 5.74) is 1.48. The van der Waals surface area contributed by atoms with E-state index in [9.17, 15) is 14.7 Å². The van der Waals surface area contributed by atoms with Gasteiger partial charge in [-0.15, -0.1) is 0 Å². The quantitative estimate of drug-likeness (QED) is 0.296. The molecule has 2 heterocycles. The monoisotopic (exact) mass is 485 g/mol. The third kappa shape index (κ3) is 4.34. The van der Waals surface area contributed by atoms with Gasteiger partial charge in [0.05, 0.1) is 24.7 Å². The number of aromatic nitrogens is 2. The Balaban J connectivity index is 1.59. The normalized spacial score (nSPS) is 11.1. The molecule has 2 N–H and O–H groups in total. The van der Waals surface area contributed by atoms with E-state index in [4.69, 9.17) is 18.9 Å². The second-order valence-corrected chi connectivity index (χ2v) is 8.13. The lowest BCUT2D eigenvalue weighted by molar-refractivity contribution is 0.0691. The Hall–Kier alpha value is -4.79. The lowest BCUT2D eigenvalue weighted by Crippen LogP contribution is -2.16. The fourth-order valence-corrected chi connectivity index (χ4v) is 4.11. The summed E-state index contributed by atoms with van der Waals surface area (Å²) in [6.07, 6.45) is 0. The highest BCUT2D eigenvalue weighted by atomic mass is 16.5. The van der Waals surface area contributed by atoms with E-state index in [2.05, 4.69) is 5.32 Å². The zero-order valence-electron chi connectivity index (χ0n) is 19.6. The zero-order valence-corrected chi connectivity index (χ0v) is 19.6. The van der Waals surface area contributed by atoms with Crippen LogP contribution in [-0.2, 0) is 6.54 Å². The Morgan fingerprint density at radius 3 is 2.53 bits per heavy atom. The van der Waals surface area contributed by atoms with Gasteiger partial charge in [-0.1, -0.05) is 18.2 Å². The molecule has 3 aromatic carbocycles. The number of carboxylic acids is 1. The van der Waals surface area contributed by atoms with Crippen molar-refractivity contribution in [2.75, 3.05) is 19.0 Å². The van der Waals surface area contributed by atoms with E-state index in [1.807, 2.05) is 59.2 Å². The van der Waals surface area contributed by atoms with Crippen LogP contribution in [0, 0.1) is 6.92 Å². The van der Waals surface area contributed by atoms with E-state index in [0.29, 0.717) is 41.1 Å². The van der Waals surface area contributed by atoms with Gasteiger partial charge in [0.25, 0.3) is 0 Å². The van der Waals surface area contributed by atoms with Crippen LogP contribution in [0.25, 0.3) is 22.0 Å². The molecule has 0 spiro atoms. The fraction of sp³-hybridized carbons (Fsp3) is 0.148. The molecule has 0 amide bonds. The number of aryl methyl sites for hydroxylation is 1. The highest BCUT2D eigenvalue weighted by molar-refractivity contribution is 5.99. The van der Waals surface area contributed by atoms with Gasteiger partial charge in [-0.05, 0) is 55.0 Å². The summed E-state index contributed by atoms with van der Waals surface area (Å²) >= 11 is 0. The summed E-state index contributed by atoms with van der Waals surface area (Å²) in [5.74, 6) is 0.713. The van der Waals surface area contributed by atoms with Crippen LogP contribution in [0.3, 0.4) is 0 Å². The van der Waals surface area contributed by atoms with E-state index >= 15 is 0 Å². The smallest absolute Gasteiger partial charge is 0.351 e. The minimum Gasteiger partial charge on any atom is -0.497 e. The molecule has 5 aromatic rings. The largest absolute Gasteiger partial charge is 0.497 e. The molecule has 0 fully saturated rings. The first kappa shape index (κ1) is 23.0. The van der Waals surface area contributed by atoms with E-state index in [1.54, 1.807) is 26.2 Å². The van der Waals surface area contributed by atoms with Gasteiger partial charge in [-0.3, -0.25) is 0 Å². The lowest BCUT2D eigenvalue weighted by atomic mass is 10.1. The fourth-order valence-electron chi connectivity index (χ4n) is 4.11. The molecule has 0 bridgehead atoms. The van der Waals surface area contributed by atoms with Gasteiger partial charge in [-0.2, -0.15) is 0 Å². The average Bonchev–Trinajstić information content (AvgIpc) is 3.19. The van der Waals surface area contributed by atoms with Gasteiger partial charge in [0, 0.05) is 17.1 Å². The van der Waals surface area contributed by atoms with Crippen molar-refractivity contribution < 1.29 is 23.8 Å². The zero-order chi connectivity index (χ0) is 25.2. The molecule has 0 saturated heterocycles. The number of ether oxygens (including phenoxy) is 2. The first-order valence-electron chi connectivity index (χ1n) is 11.2. The van der Waals surface area contributed by atoms with Crippen molar-refractivity contribution in [2.24, 2.45) is 0 Å². The number of anilines is 2. The number of carbonyl (C=O) groups is 1. The second kappa shape index (κ2) is 9.46. The molecule has 0 unspecified atom stereocenters. The van der Waals surface area contributed by atoms with Crippen LogP contribution in [0.15, 0.2) is 75.9 Å². The van der Waals surface area contributed by atoms with Crippen molar-refractivity contribution in [2.45, 2.75) is 13.5 Å². The highest BCUT2D eigenvalue weighted by Crippen LogP contribution is 2.29. The summed E-state index contributed by atoms with van der Waals surface area (Å²) < 4.78 is 18.4. The maximum atomic E-state index is 12.3. The van der Waals surface area contributed by atoms with Crippen LogP contribution < -0.4 is 20.4 Å². The van der Waals surface area contributed by atoms with E-state index in [-0.39, 0.29) is 11.1 Å². The molecule has 0 atom stereocenters. The van der Waals surface area contributed by atoms with Crippen molar-refractivity contribution >= 4 is 39.6 Å². The van der Waals surface area contributed by atoms with Crippen molar-refractivity contribution in [3.8, 4) is 11.5 Å². The molecule has 0 aliphatic carbocycles. The Morgan fingerprint density at radius 2 is 1.83 bits per heavy atom. The second-order valence-electron chi connectivity index (χ2n) is 8.13. The third-order valence-corrected chi connectivity index (χ3v) is 5.92. The molecule has 2 aromatic heterocycles. The molecular weight excluding hydrogens is 462 g/mol. The molecule has 5 rings (SSSR count). The van der Waals surface area contributed by atoms with Crippen molar-refractivity contribution in [1.29, 1.82) is 0 Å². The summed E-state index contributed by atoms with van der Waals surface area (Å²) in [6.45, 7) is 2.41. The number of fused-ring (bicyclic) bond motifs is 2. The van der Waals surface area contributed by atoms with E-state index < -0.39 is 11.6 Å². The Bertz CT molecular complexity index is 1620. The number of nitrogens with zero attached hydrogens (tertiary/aromatic N) is 2. The number of methoxy groups -OCH3 is 1. The first-order chi connectivity index (χ1) is 17.4. The molecule has 9 nitrogen and oxygen atoms in total. The van der Waals surface area contributed by atoms with Crippen LogP contribution in [0.1, 0.15) is 15.9 Å². The van der Waals surface area contributed by atoms with Gasteiger partial charge in [0.15, 0.2) is 0 Å². The number of carboxylic acid groups (broad SMARTS) is 1. The summed E-state index contributed by atoms with van der Waals surface area (Å²) in [6, 6.07) is 20.4. The van der Waals surface area contributed by atoms with Crippen molar-refractivity contribution in [1.82, 2.24) is 9.55 Å². The lowest BCUT2D eigenvalue weighted by Gasteiger charge is -2.12. The predicted octanol–water partition coefficient (Wildman–Crippen LogP) is 4.98. The maximum absolute atomic E-state index is 12.3. The van der Waals surface area contributed by atoms with E-state index in [0.717, 1.165) is 17.2 Å². The van der Waals surface area contributed by atoms with Crippen molar-refractivity contribution in [3.63, 3.8) is 0 Å². The summed E-state index contributed by atoms with van der Waals surface area (Å²) in [4.78, 5) is 28.7. The predicted molar refractivity (Wildman–Crippen MR) is 136 cm³/mol. The van der Waals surface area contributed by atoms with Gasteiger partial charge in [-0.25, -0.2) is 14.6 Å². The average molecular weight is 485 g/mol. The summed E-state index contributed by atoms with van der Waals surface area (Å²) in [7, 11) is 1.61. The maximum Gasteiger partial charge on any atom is 0.351 e. The Kier molecular flexibility index (Phi) is 6.03. The van der Waals surface area contributed by atoms with Gasteiger partial charge < -0.3 is 28.9 Å². The topological polar surface area (TPSA) is 116 Å². The number of imidazole rings is 1. The molecule has 9 heteroatoms. The number of hydrogen-bond acceptors (Lipinski definition) is 7. The van der Waals surface area contributed by atoms with Crippen molar-refractivity contribution in [3.05, 3.63) is 88.3 Å². The Morgan fingerprint density at radius 1 is 1.08 bits per heavy atom. The summed E-state index contributed by atoms with van der Waals surface area (Å²) in [5, 5.41) is 13.3. The van der Waals surface area contributed by atoms with Crippen LogP contribution in [0.5, 0.6) is 11.5 Å². The van der Waals surface area contributed by atoms with Gasteiger partial charge in [0.2, 0.25) is 5.95 Å². The van der Waals surface area contributed by atoms with Crippen LogP contribution in [0.2, 0.25) is 0 Å². The minimum absolute atomic E-state index is 0.288. The number of hydrogen-bond donors (Lipinski definition) is 2. The van der Waals surface area contributed by atoms with Crippen LogP contribution in [-0.4, -0.2) is 34.3 Å². The van der Waals surface area contributed by atoms with Gasteiger partial charge in [0.1, 0.15) is 29.3 Å².